The van der Waals surface area contributed by atoms with Crippen LogP contribution in [0.2, 0.25) is 0 Å². The Morgan fingerprint density at radius 2 is 1.96 bits per heavy atom. The van der Waals surface area contributed by atoms with Crippen LogP contribution in [0.3, 0.4) is 0 Å². The molecule has 0 unspecified atom stereocenters. The SMILES string of the molecule is Cc1nn([C@H](C)C(=O)N[C@H]2CCCc3ccccc32)c2ccccc12. The standard InChI is InChI=1S/C21H23N3O/c1-14-17-10-5-6-13-20(17)24(23-14)15(2)21(25)22-19-12-7-9-16-8-3-4-11-18(16)19/h3-6,8,10-11,13,15,19H,7,9,12H2,1-2H3,(H,22,25)/t15-,19+/m1/s1. The monoisotopic (exact) mass is 333 g/mol. The summed E-state index contributed by atoms with van der Waals surface area (Å²) in [5.41, 5.74) is 4.58. The first kappa shape index (κ1) is 15.9. The highest BCUT2D eigenvalue weighted by Gasteiger charge is 2.25. The number of nitrogens with one attached hydrogen (secondary N) is 1. The topological polar surface area (TPSA) is 46.9 Å². The van der Waals surface area contributed by atoms with Crippen molar-refractivity contribution in [3.63, 3.8) is 0 Å². The van der Waals surface area contributed by atoms with Crippen LogP contribution < -0.4 is 5.32 Å². The normalized spacial score (nSPS) is 17.9. The molecule has 2 aromatic carbocycles. The molecule has 4 rings (SSSR count). The summed E-state index contributed by atoms with van der Waals surface area (Å²) in [6, 6.07) is 16.3. The summed E-state index contributed by atoms with van der Waals surface area (Å²) in [5, 5.41) is 8.95. The fourth-order valence-corrected chi connectivity index (χ4v) is 3.85. The molecule has 0 saturated heterocycles. The predicted molar refractivity (Wildman–Crippen MR) is 99.4 cm³/mol. The van der Waals surface area contributed by atoms with E-state index >= 15 is 0 Å². The minimum atomic E-state index is -0.340. The van der Waals surface area contributed by atoms with Crippen molar-refractivity contribution in [3.8, 4) is 0 Å². The van der Waals surface area contributed by atoms with Crippen LogP contribution in [-0.4, -0.2) is 15.7 Å². The molecule has 1 amide bonds. The van der Waals surface area contributed by atoms with Crippen LogP contribution in [-0.2, 0) is 11.2 Å². The fourth-order valence-electron chi connectivity index (χ4n) is 3.85. The number of carbonyl (C=O) groups is 1. The summed E-state index contributed by atoms with van der Waals surface area (Å²) in [6.45, 7) is 3.91. The molecule has 0 saturated carbocycles. The van der Waals surface area contributed by atoms with E-state index in [0.717, 1.165) is 35.9 Å². The zero-order valence-electron chi connectivity index (χ0n) is 14.7. The molecule has 1 aromatic heterocycles. The van der Waals surface area contributed by atoms with Gasteiger partial charge in [-0.25, -0.2) is 0 Å². The molecule has 2 atom stereocenters. The first-order valence-corrected chi connectivity index (χ1v) is 8.97. The summed E-state index contributed by atoms with van der Waals surface area (Å²) in [7, 11) is 0. The lowest BCUT2D eigenvalue weighted by Gasteiger charge is -2.27. The van der Waals surface area contributed by atoms with Gasteiger partial charge in [0.2, 0.25) is 5.91 Å². The van der Waals surface area contributed by atoms with Gasteiger partial charge in [-0.1, -0.05) is 42.5 Å². The van der Waals surface area contributed by atoms with Gasteiger partial charge in [-0.2, -0.15) is 5.10 Å². The molecule has 0 aliphatic heterocycles. The van der Waals surface area contributed by atoms with E-state index < -0.39 is 0 Å². The van der Waals surface area contributed by atoms with Crippen molar-refractivity contribution in [2.75, 3.05) is 0 Å². The van der Waals surface area contributed by atoms with Crippen LogP contribution in [0.5, 0.6) is 0 Å². The second-order valence-electron chi connectivity index (χ2n) is 6.88. The third-order valence-corrected chi connectivity index (χ3v) is 5.23. The lowest BCUT2D eigenvalue weighted by molar-refractivity contribution is -0.124. The van der Waals surface area contributed by atoms with Crippen LogP contribution >= 0.6 is 0 Å². The zero-order valence-corrected chi connectivity index (χ0v) is 14.7. The zero-order chi connectivity index (χ0) is 17.4. The molecule has 0 fully saturated rings. The Morgan fingerprint density at radius 3 is 2.84 bits per heavy atom. The number of rotatable bonds is 3. The van der Waals surface area contributed by atoms with Crippen LogP contribution in [0.15, 0.2) is 48.5 Å². The molecule has 1 aliphatic rings. The molecule has 0 radical (unpaired) electrons. The van der Waals surface area contributed by atoms with Gasteiger partial charge in [0.25, 0.3) is 0 Å². The number of amides is 1. The van der Waals surface area contributed by atoms with Gasteiger partial charge in [0.15, 0.2) is 0 Å². The van der Waals surface area contributed by atoms with E-state index in [0.29, 0.717) is 0 Å². The van der Waals surface area contributed by atoms with Gasteiger partial charge in [-0.3, -0.25) is 9.48 Å². The van der Waals surface area contributed by atoms with Gasteiger partial charge >= 0.3 is 0 Å². The summed E-state index contributed by atoms with van der Waals surface area (Å²) in [6.07, 6.45) is 3.20. The van der Waals surface area contributed by atoms with Gasteiger partial charge in [-0.05, 0) is 50.3 Å². The summed E-state index contributed by atoms with van der Waals surface area (Å²) >= 11 is 0. The number of para-hydroxylation sites is 1. The molecular weight excluding hydrogens is 310 g/mol. The Balaban J connectivity index is 1.59. The molecule has 0 bridgehead atoms. The smallest absolute Gasteiger partial charge is 0.245 e. The molecule has 1 aliphatic carbocycles. The third-order valence-electron chi connectivity index (χ3n) is 5.23. The van der Waals surface area contributed by atoms with E-state index in [2.05, 4.69) is 40.7 Å². The number of benzene rings is 2. The Morgan fingerprint density at radius 1 is 1.20 bits per heavy atom. The Hall–Kier alpha value is -2.62. The van der Waals surface area contributed by atoms with E-state index in [4.69, 9.17) is 0 Å². The average molecular weight is 333 g/mol. The molecule has 3 aromatic rings. The summed E-state index contributed by atoms with van der Waals surface area (Å²) < 4.78 is 1.84. The van der Waals surface area contributed by atoms with Gasteiger partial charge < -0.3 is 5.32 Å². The molecule has 128 valence electrons. The number of hydrogen-bond acceptors (Lipinski definition) is 2. The predicted octanol–water partition coefficient (Wildman–Crippen LogP) is 4.10. The molecule has 1 heterocycles. The quantitative estimate of drug-likeness (QED) is 0.784. The van der Waals surface area contributed by atoms with E-state index in [1.165, 1.54) is 11.1 Å². The molecular formula is C21H23N3O. The molecule has 25 heavy (non-hydrogen) atoms. The highest BCUT2D eigenvalue weighted by molar-refractivity contribution is 5.86. The van der Waals surface area contributed by atoms with Crippen molar-refractivity contribution in [2.45, 2.75) is 45.2 Å². The number of fused-ring (bicyclic) bond motifs is 2. The van der Waals surface area contributed by atoms with Crippen LogP contribution in [0.25, 0.3) is 10.9 Å². The van der Waals surface area contributed by atoms with E-state index in [-0.39, 0.29) is 18.0 Å². The Kier molecular flexibility index (Phi) is 4.04. The number of carbonyl (C=O) groups excluding carboxylic acids is 1. The lowest BCUT2D eigenvalue weighted by Crippen LogP contribution is -2.36. The molecule has 4 heteroatoms. The van der Waals surface area contributed by atoms with Crippen molar-refractivity contribution in [1.29, 1.82) is 0 Å². The van der Waals surface area contributed by atoms with E-state index in [1.807, 2.05) is 36.7 Å². The Labute approximate surface area is 147 Å². The average Bonchev–Trinajstić information content (AvgIpc) is 2.98. The Bertz CT molecular complexity index is 928. The minimum absolute atomic E-state index is 0.0231. The van der Waals surface area contributed by atoms with E-state index in [1.54, 1.807) is 0 Å². The van der Waals surface area contributed by atoms with Crippen molar-refractivity contribution in [3.05, 3.63) is 65.4 Å². The number of hydrogen-bond donors (Lipinski definition) is 1. The molecule has 1 N–H and O–H groups in total. The minimum Gasteiger partial charge on any atom is -0.347 e. The van der Waals surface area contributed by atoms with Crippen molar-refractivity contribution in [2.24, 2.45) is 0 Å². The molecule has 0 spiro atoms. The van der Waals surface area contributed by atoms with E-state index in [9.17, 15) is 4.79 Å². The highest BCUT2D eigenvalue weighted by Crippen LogP contribution is 2.30. The largest absolute Gasteiger partial charge is 0.347 e. The second kappa shape index (κ2) is 6.36. The van der Waals surface area contributed by atoms with Crippen molar-refractivity contribution < 1.29 is 4.79 Å². The second-order valence-corrected chi connectivity index (χ2v) is 6.88. The van der Waals surface area contributed by atoms with Crippen molar-refractivity contribution >= 4 is 16.8 Å². The molecule has 4 nitrogen and oxygen atoms in total. The number of aromatic nitrogens is 2. The van der Waals surface area contributed by atoms with Crippen LogP contribution in [0.4, 0.5) is 0 Å². The van der Waals surface area contributed by atoms with Gasteiger partial charge in [0.1, 0.15) is 6.04 Å². The first-order valence-electron chi connectivity index (χ1n) is 8.97. The number of nitrogens with zero attached hydrogens (tertiary/aromatic N) is 2. The third kappa shape index (κ3) is 2.82. The maximum Gasteiger partial charge on any atom is 0.245 e. The fraction of sp³-hybridized carbons (Fsp3) is 0.333. The van der Waals surface area contributed by atoms with Crippen LogP contribution in [0, 0.1) is 6.92 Å². The van der Waals surface area contributed by atoms with Crippen LogP contribution in [0.1, 0.15) is 48.7 Å². The highest BCUT2D eigenvalue weighted by atomic mass is 16.2. The maximum atomic E-state index is 12.9. The lowest BCUT2D eigenvalue weighted by atomic mass is 9.87. The number of aryl methyl sites for hydroxylation is 2. The van der Waals surface area contributed by atoms with Crippen molar-refractivity contribution in [1.82, 2.24) is 15.1 Å². The summed E-state index contributed by atoms with van der Waals surface area (Å²) in [5.74, 6) is 0.0231. The van der Waals surface area contributed by atoms with Gasteiger partial charge in [0.05, 0.1) is 17.3 Å². The first-order chi connectivity index (χ1) is 12.1. The van der Waals surface area contributed by atoms with Gasteiger partial charge in [-0.15, -0.1) is 0 Å². The van der Waals surface area contributed by atoms with Gasteiger partial charge in [0, 0.05) is 5.39 Å². The summed E-state index contributed by atoms with van der Waals surface area (Å²) in [4.78, 5) is 12.9. The maximum absolute atomic E-state index is 12.9.